The third kappa shape index (κ3) is 2.91. The Balaban J connectivity index is 1.57. The number of esters is 1. The van der Waals surface area contributed by atoms with E-state index in [2.05, 4.69) is 10.2 Å². The molecule has 3 heterocycles. The van der Waals surface area contributed by atoms with Crippen LogP contribution in [0.4, 0.5) is 4.39 Å². The molecule has 4 aromatic rings. The smallest absolute Gasteiger partial charge is 0.349 e. The molecule has 4 rings (SSSR count). The quantitative estimate of drug-likeness (QED) is 0.439. The van der Waals surface area contributed by atoms with Crippen LogP contribution in [0.2, 0.25) is 0 Å². The fraction of sp³-hybridized carbons (Fsp3) is 0.167. The Morgan fingerprint density at radius 3 is 2.85 bits per heavy atom. The second-order valence-corrected chi connectivity index (χ2v) is 7.64. The molecule has 0 fully saturated rings. The molecule has 0 N–H and O–H groups in total. The van der Waals surface area contributed by atoms with Crippen molar-refractivity contribution in [2.75, 3.05) is 0 Å². The number of hydrogen-bond donors (Lipinski definition) is 0. The highest BCUT2D eigenvalue weighted by molar-refractivity contribution is 7.21. The van der Waals surface area contributed by atoms with Gasteiger partial charge < -0.3 is 9.15 Å². The van der Waals surface area contributed by atoms with E-state index in [0.717, 1.165) is 4.88 Å². The topological polar surface area (TPSA) is 65.2 Å². The molecule has 26 heavy (non-hydrogen) atoms. The second kappa shape index (κ2) is 6.62. The van der Waals surface area contributed by atoms with Crippen LogP contribution in [0.3, 0.4) is 0 Å². The molecule has 0 amide bonds. The van der Waals surface area contributed by atoms with Crippen LogP contribution in [0.25, 0.3) is 20.9 Å². The van der Waals surface area contributed by atoms with E-state index in [1.54, 1.807) is 26.0 Å². The van der Waals surface area contributed by atoms with E-state index in [1.807, 2.05) is 17.5 Å². The van der Waals surface area contributed by atoms with Crippen molar-refractivity contribution in [1.82, 2.24) is 10.2 Å². The molecule has 5 nitrogen and oxygen atoms in total. The number of halogens is 1. The highest BCUT2D eigenvalue weighted by Crippen LogP contribution is 2.34. The zero-order chi connectivity index (χ0) is 18.3. The lowest BCUT2D eigenvalue weighted by Gasteiger charge is -2.08. The summed E-state index contributed by atoms with van der Waals surface area (Å²) in [5.74, 6) is -0.281. The fourth-order valence-electron chi connectivity index (χ4n) is 2.61. The van der Waals surface area contributed by atoms with Crippen LogP contribution in [0.15, 0.2) is 40.1 Å². The van der Waals surface area contributed by atoms with E-state index in [0.29, 0.717) is 26.4 Å². The molecule has 1 unspecified atom stereocenters. The zero-order valence-corrected chi connectivity index (χ0v) is 15.5. The Kier molecular flexibility index (Phi) is 4.29. The largest absolute Gasteiger partial charge is 0.448 e. The predicted octanol–water partition coefficient (Wildman–Crippen LogP) is 5.38. The van der Waals surface area contributed by atoms with Gasteiger partial charge in [-0.15, -0.1) is 32.9 Å². The summed E-state index contributed by atoms with van der Waals surface area (Å²) in [6, 6.07) is 8.53. The predicted molar refractivity (Wildman–Crippen MR) is 98.0 cm³/mol. The maximum absolute atomic E-state index is 14.0. The lowest BCUT2D eigenvalue weighted by atomic mass is 10.1. The monoisotopic (exact) mass is 388 g/mol. The fourth-order valence-corrected chi connectivity index (χ4v) is 4.36. The molecule has 1 aromatic carbocycles. The van der Waals surface area contributed by atoms with Crippen molar-refractivity contribution < 1.29 is 18.3 Å². The van der Waals surface area contributed by atoms with Gasteiger partial charge in [0.25, 0.3) is 11.8 Å². The molecule has 0 spiro atoms. The Morgan fingerprint density at radius 1 is 1.27 bits per heavy atom. The van der Waals surface area contributed by atoms with E-state index in [1.165, 1.54) is 28.7 Å². The number of hydrogen-bond acceptors (Lipinski definition) is 7. The van der Waals surface area contributed by atoms with Gasteiger partial charge in [-0.2, -0.15) is 0 Å². The van der Waals surface area contributed by atoms with E-state index < -0.39 is 12.1 Å². The minimum Gasteiger partial charge on any atom is -0.448 e. The van der Waals surface area contributed by atoms with E-state index in [9.17, 15) is 9.18 Å². The molecule has 8 heteroatoms. The summed E-state index contributed by atoms with van der Waals surface area (Å²) in [4.78, 5) is 13.8. The zero-order valence-electron chi connectivity index (χ0n) is 13.9. The van der Waals surface area contributed by atoms with Crippen LogP contribution in [0.1, 0.15) is 34.2 Å². The van der Waals surface area contributed by atoms with Gasteiger partial charge in [-0.1, -0.05) is 12.1 Å². The van der Waals surface area contributed by atoms with Crippen LogP contribution < -0.4 is 0 Å². The first-order valence-electron chi connectivity index (χ1n) is 7.80. The molecule has 0 aliphatic carbocycles. The van der Waals surface area contributed by atoms with Crippen LogP contribution in [-0.2, 0) is 4.74 Å². The molecule has 0 aliphatic rings. The maximum Gasteiger partial charge on any atom is 0.349 e. The Bertz CT molecular complexity index is 1090. The first-order valence-corrected chi connectivity index (χ1v) is 9.50. The first kappa shape index (κ1) is 16.9. The number of nitrogens with zero attached hydrogens (tertiary/aromatic N) is 2. The Labute approximate surface area is 156 Å². The molecule has 0 aliphatic heterocycles. The van der Waals surface area contributed by atoms with Crippen molar-refractivity contribution in [3.05, 3.63) is 57.9 Å². The molecule has 1 atom stereocenters. The van der Waals surface area contributed by atoms with Gasteiger partial charge in [0, 0.05) is 10.1 Å². The van der Waals surface area contributed by atoms with Gasteiger partial charge in [0.1, 0.15) is 10.7 Å². The number of rotatable bonds is 4. The standard InChI is InChI=1S/C18H13FN2O3S2/c1-9-14-11(19)5-3-6-12(14)26-15(9)18(22)23-10(2)16-20-21-17(24-16)13-7-4-8-25-13/h3-8,10H,1-2H3. The average Bonchev–Trinajstić information content (AvgIpc) is 3.34. The first-order chi connectivity index (χ1) is 12.5. The molecular weight excluding hydrogens is 375 g/mol. The molecule has 0 saturated carbocycles. The average molecular weight is 388 g/mol. The summed E-state index contributed by atoms with van der Waals surface area (Å²) in [7, 11) is 0. The Hall–Kier alpha value is -2.58. The van der Waals surface area contributed by atoms with E-state index >= 15 is 0 Å². The number of aromatic nitrogens is 2. The van der Waals surface area contributed by atoms with E-state index in [4.69, 9.17) is 9.15 Å². The van der Waals surface area contributed by atoms with E-state index in [-0.39, 0.29) is 11.7 Å². The molecule has 0 saturated heterocycles. The Morgan fingerprint density at radius 2 is 2.12 bits per heavy atom. The van der Waals surface area contributed by atoms with Gasteiger partial charge in [-0.05, 0) is 43.0 Å². The molecule has 132 valence electrons. The minimum absolute atomic E-state index is 0.215. The third-order valence-electron chi connectivity index (χ3n) is 3.89. The number of fused-ring (bicyclic) bond motifs is 1. The minimum atomic E-state index is -0.710. The normalized spacial score (nSPS) is 12.4. The van der Waals surface area contributed by atoms with Crippen LogP contribution in [-0.4, -0.2) is 16.2 Å². The summed E-state index contributed by atoms with van der Waals surface area (Å²) >= 11 is 2.69. The van der Waals surface area contributed by atoms with Crippen LogP contribution in [0.5, 0.6) is 0 Å². The summed E-state index contributed by atoms with van der Waals surface area (Å²) in [5, 5.41) is 10.3. The van der Waals surface area contributed by atoms with Gasteiger partial charge in [-0.3, -0.25) is 0 Å². The van der Waals surface area contributed by atoms with Crippen molar-refractivity contribution in [2.24, 2.45) is 0 Å². The van der Waals surface area contributed by atoms with Crippen LogP contribution in [0, 0.1) is 12.7 Å². The van der Waals surface area contributed by atoms with Crippen molar-refractivity contribution >= 4 is 38.7 Å². The summed E-state index contributed by atoms with van der Waals surface area (Å²) in [6.07, 6.45) is -0.710. The molecular formula is C18H13FN2O3S2. The highest BCUT2D eigenvalue weighted by Gasteiger charge is 2.24. The lowest BCUT2D eigenvalue weighted by Crippen LogP contribution is -2.09. The second-order valence-electron chi connectivity index (χ2n) is 5.64. The summed E-state index contributed by atoms with van der Waals surface area (Å²) in [5.41, 5.74) is 0.574. The van der Waals surface area contributed by atoms with Crippen LogP contribution >= 0.6 is 22.7 Å². The number of carbonyl (C=O) groups excluding carboxylic acids is 1. The molecule has 3 aromatic heterocycles. The van der Waals surface area contributed by atoms with Gasteiger partial charge in [0.2, 0.25) is 0 Å². The number of thiophene rings is 2. The van der Waals surface area contributed by atoms with Crippen molar-refractivity contribution in [3.8, 4) is 10.8 Å². The third-order valence-corrected chi connectivity index (χ3v) is 5.99. The van der Waals surface area contributed by atoms with Crippen molar-refractivity contribution in [3.63, 3.8) is 0 Å². The summed E-state index contributed by atoms with van der Waals surface area (Å²) < 4.78 is 25.8. The highest BCUT2D eigenvalue weighted by atomic mass is 32.1. The number of carbonyl (C=O) groups is 1. The maximum atomic E-state index is 14.0. The van der Waals surface area contributed by atoms with Gasteiger partial charge in [0.05, 0.1) is 4.88 Å². The number of ether oxygens (including phenoxy) is 1. The van der Waals surface area contributed by atoms with Gasteiger partial charge in [0.15, 0.2) is 6.10 Å². The lowest BCUT2D eigenvalue weighted by molar-refractivity contribution is 0.0285. The van der Waals surface area contributed by atoms with Gasteiger partial charge >= 0.3 is 5.97 Å². The molecule has 0 radical (unpaired) electrons. The SMILES string of the molecule is Cc1c(C(=O)OC(C)c2nnc(-c3cccs3)o2)sc2cccc(F)c12. The van der Waals surface area contributed by atoms with Crippen molar-refractivity contribution in [1.29, 1.82) is 0 Å². The molecule has 0 bridgehead atoms. The van der Waals surface area contributed by atoms with Crippen molar-refractivity contribution in [2.45, 2.75) is 20.0 Å². The number of aryl methyl sites for hydroxylation is 1. The number of benzene rings is 1. The van der Waals surface area contributed by atoms with Gasteiger partial charge in [-0.25, -0.2) is 9.18 Å². The summed E-state index contributed by atoms with van der Waals surface area (Å²) in [6.45, 7) is 3.37.